The van der Waals surface area contributed by atoms with Crippen LogP contribution in [-0.2, 0) is 5.41 Å². The first-order valence-corrected chi connectivity index (χ1v) is 7.34. The van der Waals surface area contributed by atoms with Gasteiger partial charge < -0.3 is 10.8 Å². The Labute approximate surface area is 113 Å². The molecule has 104 valence electrons. The molecule has 0 spiro atoms. The molecule has 0 bridgehead atoms. The molecule has 0 aromatic heterocycles. The van der Waals surface area contributed by atoms with Gasteiger partial charge in [-0.1, -0.05) is 31.0 Å². The summed E-state index contributed by atoms with van der Waals surface area (Å²) in [5.41, 5.74) is 6.41. The third-order valence-electron chi connectivity index (χ3n) is 5.25. The van der Waals surface area contributed by atoms with Crippen LogP contribution in [0.3, 0.4) is 0 Å². The summed E-state index contributed by atoms with van der Waals surface area (Å²) < 4.78 is 14.1. The van der Waals surface area contributed by atoms with Crippen molar-refractivity contribution >= 4 is 0 Å². The molecule has 0 amide bonds. The first kappa shape index (κ1) is 13.1. The van der Waals surface area contributed by atoms with Crippen molar-refractivity contribution in [3.05, 3.63) is 35.6 Å². The molecule has 2 aliphatic carbocycles. The first-order chi connectivity index (χ1) is 9.15. The Morgan fingerprint density at radius 3 is 2.47 bits per heavy atom. The van der Waals surface area contributed by atoms with Crippen molar-refractivity contribution in [1.29, 1.82) is 0 Å². The van der Waals surface area contributed by atoms with Crippen LogP contribution in [0, 0.1) is 11.7 Å². The molecule has 2 saturated carbocycles. The van der Waals surface area contributed by atoms with Crippen LogP contribution in [0.4, 0.5) is 4.39 Å². The van der Waals surface area contributed by atoms with Crippen LogP contribution in [0.2, 0.25) is 0 Å². The van der Waals surface area contributed by atoms with Crippen molar-refractivity contribution < 1.29 is 9.50 Å². The lowest BCUT2D eigenvalue weighted by atomic mass is 9.58. The van der Waals surface area contributed by atoms with Crippen molar-refractivity contribution in [3.8, 4) is 0 Å². The molecule has 19 heavy (non-hydrogen) atoms. The molecule has 3 atom stereocenters. The van der Waals surface area contributed by atoms with Gasteiger partial charge in [0.05, 0.1) is 6.10 Å². The molecule has 1 aromatic rings. The minimum absolute atomic E-state index is 0.0687. The zero-order valence-corrected chi connectivity index (χ0v) is 11.2. The Bertz CT molecular complexity index is 458. The van der Waals surface area contributed by atoms with E-state index in [1.807, 2.05) is 12.1 Å². The van der Waals surface area contributed by atoms with E-state index in [1.165, 1.54) is 6.07 Å². The molecular weight excluding hydrogens is 241 g/mol. The van der Waals surface area contributed by atoms with E-state index >= 15 is 0 Å². The van der Waals surface area contributed by atoms with Crippen LogP contribution < -0.4 is 5.73 Å². The monoisotopic (exact) mass is 263 g/mol. The molecule has 3 heteroatoms. The summed E-state index contributed by atoms with van der Waals surface area (Å²) in [7, 11) is 0. The maximum absolute atomic E-state index is 14.1. The van der Waals surface area contributed by atoms with Gasteiger partial charge in [-0.3, -0.25) is 0 Å². The van der Waals surface area contributed by atoms with E-state index in [4.69, 9.17) is 5.73 Å². The summed E-state index contributed by atoms with van der Waals surface area (Å²) in [6.07, 6.45) is 5.34. The van der Waals surface area contributed by atoms with E-state index in [1.54, 1.807) is 6.07 Å². The van der Waals surface area contributed by atoms with Gasteiger partial charge in [0.2, 0.25) is 0 Å². The second-order valence-electron chi connectivity index (χ2n) is 6.19. The zero-order valence-electron chi connectivity index (χ0n) is 11.2. The standard InChI is InChI=1S/C16H22FNO/c17-13-7-2-1-6-12(13)16(9-4-10-16)15(19)11-5-3-8-14(11)18/h1-2,6-7,11,14-15,19H,3-5,8-10,18H2/t11-,14+,15-/m1/s1. The fourth-order valence-electron chi connectivity index (χ4n) is 3.97. The number of rotatable bonds is 3. The Balaban J connectivity index is 1.93. The maximum Gasteiger partial charge on any atom is 0.127 e. The predicted molar refractivity (Wildman–Crippen MR) is 73.3 cm³/mol. The van der Waals surface area contributed by atoms with Crippen molar-refractivity contribution in [2.24, 2.45) is 11.7 Å². The highest BCUT2D eigenvalue weighted by Crippen LogP contribution is 2.51. The average molecular weight is 263 g/mol. The van der Waals surface area contributed by atoms with Gasteiger partial charge in [0, 0.05) is 17.4 Å². The van der Waals surface area contributed by atoms with E-state index < -0.39 is 11.5 Å². The minimum Gasteiger partial charge on any atom is -0.392 e. The summed E-state index contributed by atoms with van der Waals surface area (Å²) in [4.78, 5) is 0. The minimum atomic E-state index is -0.504. The molecular formula is C16H22FNO. The van der Waals surface area contributed by atoms with Gasteiger partial charge in [-0.15, -0.1) is 0 Å². The summed E-state index contributed by atoms with van der Waals surface area (Å²) in [5, 5.41) is 10.8. The molecule has 0 radical (unpaired) electrons. The largest absolute Gasteiger partial charge is 0.392 e. The van der Waals surface area contributed by atoms with E-state index in [-0.39, 0.29) is 17.8 Å². The summed E-state index contributed by atoms with van der Waals surface area (Å²) >= 11 is 0. The van der Waals surface area contributed by atoms with Crippen molar-refractivity contribution in [2.75, 3.05) is 0 Å². The highest BCUT2D eigenvalue weighted by molar-refractivity contribution is 5.32. The topological polar surface area (TPSA) is 46.2 Å². The van der Waals surface area contributed by atoms with Crippen molar-refractivity contribution in [3.63, 3.8) is 0 Å². The number of halogens is 1. The average Bonchev–Trinajstić information content (AvgIpc) is 2.76. The van der Waals surface area contributed by atoms with Crippen LogP contribution in [-0.4, -0.2) is 17.3 Å². The van der Waals surface area contributed by atoms with Gasteiger partial charge in [0.15, 0.2) is 0 Å². The number of aliphatic hydroxyl groups is 1. The van der Waals surface area contributed by atoms with Crippen molar-refractivity contribution in [2.45, 2.75) is 56.1 Å². The second-order valence-corrected chi connectivity index (χ2v) is 6.19. The van der Waals surface area contributed by atoms with Gasteiger partial charge in [-0.2, -0.15) is 0 Å². The fraction of sp³-hybridized carbons (Fsp3) is 0.625. The van der Waals surface area contributed by atoms with E-state index in [0.29, 0.717) is 5.56 Å². The van der Waals surface area contributed by atoms with Crippen LogP contribution >= 0.6 is 0 Å². The summed E-state index contributed by atoms with van der Waals surface area (Å²) in [5.74, 6) is -0.0623. The molecule has 3 rings (SSSR count). The molecule has 1 aromatic carbocycles. The second kappa shape index (κ2) is 4.88. The molecule has 3 N–H and O–H groups in total. The van der Waals surface area contributed by atoms with E-state index in [2.05, 4.69) is 0 Å². The number of hydrogen-bond donors (Lipinski definition) is 2. The summed E-state index contributed by atoms with van der Waals surface area (Å²) in [6, 6.07) is 6.97. The maximum atomic E-state index is 14.1. The fourth-order valence-corrected chi connectivity index (χ4v) is 3.97. The number of hydrogen-bond acceptors (Lipinski definition) is 2. The first-order valence-electron chi connectivity index (χ1n) is 7.34. The zero-order chi connectivity index (χ0) is 13.5. The molecule has 0 saturated heterocycles. The summed E-state index contributed by atoms with van der Waals surface area (Å²) in [6.45, 7) is 0. The van der Waals surface area contributed by atoms with Crippen LogP contribution in [0.25, 0.3) is 0 Å². The molecule has 0 aliphatic heterocycles. The Morgan fingerprint density at radius 2 is 1.95 bits per heavy atom. The van der Waals surface area contributed by atoms with Crippen LogP contribution in [0.15, 0.2) is 24.3 Å². The third-order valence-corrected chi connectivity index (χ3v) is 5.25. The third kappa shape index (κ3) is 2.00. The predicted octanol–water partition coefficient (Wildman–Crippen LogP) is 2.74. The molecule has 2 nitrogen and oxygen atoms in total. The van der Waals surface area contributed by atoms with Gasteiger partial charge in [0.1, 0.15) is 5.82 Å². The number of nitrogens with two attached hydrogens (primary N) is 1. The number of benzene rings is 1. The van der Waals surface area contributed by atoms with Crippen LogP contribution in [0.5, 0.6) is 0 Å². The normalized spacial score (nSPS) is 30.9. The van der Waals surface area contributed by atoms with E-state index in [9.17, 15) is 9.50 Å². The van der Waals surface area contributed by atoms with Gasteiger partial charge in [-0.25, -0.2) is 4.39 Å². The molecule has 0 unspecified atom stereocenters. The number of aliphatic hydroxyl groups excluding tert-OH is 1. The van der Waals surface area contributed by atoms with E-state index in [0.717, 1.165) is 38.5 Å². The Morgan fingerprint density at radius 1 is 1.21 bits per heavy atom. The van der Waals surface area contributed by atoms with Gasteiger partial charge >= 0.3 is 0 Å². The Hall–Kier alpha value is -0.930. The quantitative estimate of drug-likeness (QED) is 0.881. The molecule has 2 aliphatic rings. The SMILES string of the molecule is N[C@H]1CCC[C@H]1[C@@H](O)C1(c2ccccc2F)CCC1. The Kier molecular flexibility index (Phi) is 3.35. The smallest absolute Gasteiger partial charge is 0.127 e. The lowest BCUT2D eigenvalue weighted by Gasteiger charge is -2.48. The highest BCUT2D eigenvalue weighted by Gasteiger charge is 2.50. The lowest BCUT2D eigenvalue weighted by molar-refractivity contribution is -0.0183. The highest BCUT2D eigenvalue weighted by atomic mass is 19.1. The van der Waals surface area contributed by atoms with Crippen LogP contribution in [0.1, 0.15) is 44.1 Å². The molecule has 2 fully saturated rings. The van der Waals surface area contributed by atoms with Gasteiger partial charge in [0.25, 0.3) is 0 Å². The van der Waals surface area contributed by atoms with Crippen molar-refractivity contribution in [1.82, 2.24) is 0 Å². The molecule has 0 heterocycles. The lowest BCUT2D eigenvalue weighted by Crippen LogP contribution is -2.52. The van der Waals surface area contributed by atoms with Gasteiger partial charge in [-0.05, 0) is 37.3 Å².